The zero-order valence-corrected chi connectivity index (χ0v) is 16.8. The number of carbonyl (C=O) groups is 1. The predicted molar refractivity (Wildman–Crippen MR) is 114 cm³/mol. The van der Waals surface area contributed by atoms with E-state index in [-0.39, 0.29) is 0 Å². The molecule has 0 fully saturated rings. The van der Waals surface area contributed by atoms with Gasteiger partial charge in [-0.2, -0.15) is 0 Å². The van der Waals surface area contributed by atoms with Crippen molar-refractivity contribution < 1.29 is 14.3 Å². The number of aromatic nitrogens is 3. The molecule has 0 aliphatic rings. The molecule has 7 heteroatoms. The van der Waals surface area contributed by atoms with Crippen LogP contribution in [0.2, 0.25) is 0 Å². The highest BCUT2D eigenvalue weighted by atomic mass is 16.5. The lowest BCUT2D eigenvalue weighted by Crippen LogP contribution is -2.01. The number of fused-ring (bicyclic) bond motifs is 1. The molecule has 0 aliphatic carbocycles. The van der Waals surface area contributed by atoms with Crippen molar-refractivity contribution >= 4 is 28.4 Å². The Bertz CT molecular complexity index is 1210. The zero-order chi connectivity index (χ0) is 21.1. The molecule has 2 heterocycles. The summed E-state index contributed by atoms with van der Waals surface area (Å²) in [6, 6.07) is 16.7. The molecule has 0 bridgehead atoms. The summed E-state index contributed by atoms with van der Waals surface area (Å²) >= 11 is 0. The van der Waals surface area contributed by atoms with Crippen molar-refractivity contribution in [2.75, 3.05) is 12.4 Å². The molecule has 0 saturated carbocycles. The average molecular weight is 400 g/mol. The van der Waals surface area contributed by atoms with Crippen LogP contribution < -0.4 is 10.1 Å². The summed E-state index contributed by atoms with van der Waals surface area (Å²) < 4.78 is 10.4. The normalized spacial score (nSPS) is 10.6. The molecule has 30 heavy (non-hydrogen) atoms. The number of ether oxygens (including phenoxy) is 2. The molecule has 7 nitrogen and oxygen atoms in total. The van der Waals surface area contributed by atoms with Crippen molar-refractivity contribution in [1.29, 1.82) is 0 Å². The quantitative estimate of drug-likeness (QED) is 0.474. The van der Waals surface area contributed by atoms with E-state index in [0.717, 1.165) is 28.0 Å². The van der Waals surface area contributed by atoms with Crippen molar-refractivity contribution in [2.45, 2.75) is 13.8 Å². The minimum absolute atomic E-state index is 0.368. The van der Waals surface area contributed by atoms with Crippen LogP contribution in [0, 0.1) is 13.8 Å². The van der Waals surface area contributed by atoms with Gasteiger partial charge in [0.1, 0.15) is 17.4 Å². The number of hydrogen-bond donors (Lipinski definition) is 1. The van der Waals surface area contributed by atoms with E-state index in [9.17, 15) is 4.79 Å². The molecule has 0 aliphatic heterocycles. The summed E-state index contributed by atoms with van der Waals surface area (Å²) in [6.07, 6.45) is 1.42. The number of nitrogens with one attached hydrogen (secondary N) is 1. The van der Waals surface area contributed by atoms with Crippen LogP contribution in [0.1, 0.15) is 21.7 Å². The first-order chi connectivity index (χ1) is 14.5. The topological polar surface area (TPSA) is 86.2 Å². The Labute approximate surface area is 173 Å². The second kappa shape index (κ2) is 8.16. The lowest BCUT2D eigenvalue weighted by Gasteiger charge is -2.12. The van der Waals surface area contributed by atoms with Gasteiger partial charge in [-0.1, -0.05) is 12.1 Å². The number of carbonyl (C=O) groups excluding carboxylic acids is 1. The fraction of sp³-hybridized carbons (Fsp3) is 0.130. The maximum absolute atomic E-state index is 11.5. The van der Waals surface area contributed by atoms with Gasteiger partial charge >= 0.3 is 5.97 Å². The van der Waals surface area contributed by atoms with E-state index in [1.807, 2.05) is 56.3 Å². The molecule has 2 aromatic heterocycles. The Kier molecular flexibility index (Phi) is 5.26. The molecule has 0 amide bonds. The van der Waals surface area contributed by atoms with E-state index in [1.165, 1.54) is 13.3 Å². The third-order valence-corrected chi connectivity index (χ3v) is 4.54. The van der Waals surface area contributed by atoms with E-state index >= 15 is 0 Å². The third kappa shape index (κ3) is 4.05. The number of hydrogen-bond acceptors (Lipinski definition) is 7. The molecule has 0 atom stereocenters. The molecule has 0 radical (unpaired) electrons. The fourth-order valence-corrected chi connectivity index (χ4v) is 3.10. The van der Waals surface area contributed by atoms with E-state index in [4.69, 9.17) is 4.74 Å². The summed E-state index contributed by atoms with van der Waals surface area (Å²) in [4.78, 5) is 24.7. The first-order valence-corrected chi connectivity index (χ1v) is 9.37. The van der Waals surface area contributed by atoms with Crippen molar-refractivity contribution in [3.05, 3.63) is 77.7 Å². The monoisotopic (exact) mass is 400 g/mol. The number of esters is 1. The van der Waals surface area contributed by atoms with Crippen LogP contribution in [-0.2, 0) is 4.74 Å². The first-order valence-electron chi connectivity index (χ1n) is 9.37. The summed E-state index contributed by atoms with van der Waals surface area (Å²) in [5, 5.41) is 4.37. The summed E-state index contributed by atoms with van der Waals surface area (Å²) in [5.41, 5.74) is 3.26. The number of methoxy groups -OCH3 is 1. The highest BCUT2D eigenvalue weighted by molar-refractivity contribution is 5.93. The van der Waals surface area contributed by atoms with E-state index in [1.54, 1.807) is 12.1 Å². The van der Waals surface area contributed by atoms with Gasteiger partial charge in [-0.05, 0) is 55.8 Å². The van der Waals surface area contributed by atoms with Gasteiger partial charge in [0, 0.05) is 23.3 Å². The van der Waals surface area contributed by atoms with E-state index in [2.05, 4.69) is 25.0 Å². The van der Waals surface area contributed by atoms with Crippen LogP contribution >= 0.6 is 0 Å². The molecule has 4 aromatic rings. The molecule has 1 N–H and O–H groups in total. The summed E-state index contributed by atoms with van der Waals surface area (Å²) in [5.74, 6) is 2.05. The van der Waals surface area contributed by atoms with Crippen LogP contribution in [-0.4, -0.2) is 28.0 Å². The van der Waals surface area contributed by atoms with Gasteiger partial charge in [0.2, 0.25) is 5.88 Å². The largest absolute Gasteiger partial charge is 0.465 e. The molecule has 0 spiro atoms. The van der Waals surface area contributed by atoms with Crippen molar-refractivity contribution in [3.8, 4) is 11.6 Å². The Hall–Kier alpha value is -4.00. The van der Waals surface area contributed by atoms with Crippen molar-refractivity contribution in [3.63, 3.8) is 0 Å². The SMILES string of the molecule is COC(=O)c1ccc(Oc2ccc(Nc3nc(C)nc4cccc(C)c34)cc2)nc1. The van der Waals surface area contributed by atoms with E-state index in [0.29, 0.717) is 23.0 Å². The molecule has 150 valence electrons. The zero-order valence-electron chi connectivity index (χ0n) is 16.8. The Morgan fingerprint density at radius 2 is 1.77 bits per heavy atom. The summed E-state index contributed by atoms with van der Waals surface area (Å²) in [7, 11) is 1.33. The van der Waals surface area contributed by atoms with Gasteiger partial charge in [-0.3, -0.25) is 0 Å². The Morgan fingerprint density at radius 3 is 2.47 bits per heavy atom. The smallest absolute Gasteiger partial charge is 0.339 e. The number of anilines is 2. The van der Waals surface area contributed by atoms with Crippen LogP contribution in [0.4, 0.5) is 11.5 Å². The maximum Gasteiger partial charge on any atom is 0.339 e. The fourth-order valence-electron chi connectivity index (χ4n) is 3.10. The van der Waals surface area contributed by atoms with Crippen LogP contribution in [0.3, 0.4) is 0 Å². The molecule has 0 saturated heterocycles. The van der Waals surface area contributed by atoms with E-state index < -0.39 is 5.97 Å². The lowest BCUT2D eigenvalue weighted by molar-refractivity contribution is 0.0600. The third-order valence-electron chi connectivity index (χ3n) is 4.54. The first kappa shape index (κ1) is 19.3. The molecule has 2 aromatic carbocycles. The van der Waals surface area contributed by atoms with Crippen molar-refractivity contribution in [1.82, 2.24) is 15.0 Å². The van der Waals surface area contributed by atoms with Crippen LogP contribution in [0.5, 0.6) is 11.6 Å². The van der Waals surface area contributed by atoms with Crippen molar-refractivity contribution in [2.24, 2.45) is 0 Å². The number of rotatable bonds is 5. The number of benzene rings is 2. The molecule has 4 rings (SSSR count). The van der Waals surface area contributed by atoms with Gasteiger partial charge in [-0.15, -0.1) is 0 Å². The second-order valence-electron chi connectivity index (χ2n) is 6.72. The standard InChI is InChI=1S/C23H20N4O3/c1-14-5-4-6-19-21(14)22(26-15(2)25-19)27-17-8-10-18(11-9-17)30-20-12-7-16(13-24-20)23(28)29-3/h4-13H,1-3H3,(H,25,26,27). The Morgan fingerprint density at radius 1 is 0.967 bits per heavy atom. The number of pyridine rings is 1. The van der Waals surface area contributed by atoms with Crippen LogP contribution in [0.25, 0.3) is 10.9 Å². The maximum atomic E-state index is 11.5. The molecular weight excluding hydrogens is 380 g/mol. The molecular formula is C23H20N4O3. The van der Waals surface area contributed by atoms with Crippen LogP contribution in [0.15, 0.2) is 60.8 Å². The van der Waals surface area contributed by atoms with Gasteiger partial charge < -0.3 is 14.8 Å². The number of nitrogens with zero attached hydrogens (tertiary/aromatic N) is 3. The highest BCUT2D eigenvalue weighted by Crippen LogP contribution is 2.28. The minimum Gasteiger partial charge on any atom is -0.465 e. The van der Waals surface area contributed by atoms with Gasteiger partial charge in [0.15, 0.2) is 0 Å². The highest BCUT2D eigenvalue weighted by Gasteiger charge is 2.09. The second-order valence-corrected chi connectivity index (χ2v) is 6.72. The Balaban J connectivity index is 1.52. The minimum atomic E-state index is -0.438. The molecule has 0 unspecified atom stereocenters. The number of aryl methyl sites for hydroxylation is 2. The average Bonchev–Trinajstić information content (AvgIpc) is 2.75. The van der Waals surface area contributed by atoms with Gasteiger partial charge in [0.05, 0.1) is 18.2 Å². The van der Waals surface area contributed by atoms with Gasteiger partial charge in [-0.25, -0.2) is 19.7 Å². The lowest BCUT2D eigenvalue weighted by atomic mass is 10.1. The predicted octanol–water partition coefficient (Wildman–Crippen LogP) is 4.96. The van der Waals surface area contributed by atoms with Gasteiger partial charge in [0.25, 0.3) is 0 Å². The summed E-state index contributed by atoms with van der Waals surface area (Å²) in [6.45, 7) is 3.92.